The number of nitrogens with zero attached hydrogens (tertiary/aromatic N) is 1. The van der Waals surface area contributed by atoms with Crippen molar-refractivity contribution in [2.45, 2.75) is 32.2 Å². The molecule has 2 aromatic carbocycles. The molecule has 0 saturated carbocycles. The Bertz CT molecular complexity index is 1480. The molecule has 1 aliphatic heterocycles. The molecule has 7 heteroatoms. The van der Waals surface area contributed by atoms with E-state index in [-0.39, 0.29) is 47.1 Å². The Balaban J connectivity index is 1.46. The van der Waals surface area contributed by atoms with Crippen LogP contribution in [0, 0.1) is 17.8 Å². The fourth-order valence-corrected chi connectivity index (χ4v) is 6.74. The van der Waals surface area contributed by atoms with Crippen molar-refractivity contribution in [2.75, 3.05) is 0 Å². The monoisotopic (exact) mass is 513 g/mol. The molecule has 3 aliphatic carbocycles. The highest BCUT2D eigenvalue weighted by Crippen LogP contribution is 2.56. The lowest BCUT2D eigenvalue weighted by molar-refractivity contribution is -0.140. The highest BCUT2D eigenvalue weighted by Gasteiger charge is 2.56. The molecule has 0 bridgehead atoms. The molecule has 37 heavy (non-hydrogen) atoms. The minimum Gasteiger partial charge on any atom is -0.508 e. The van der Waals surface area contributed by atoms with Crippen molar-refractivity contribution >= 4 is 35.0 Å². The maximum atomic E-state index is 13.8. The third-order valence-electron chi connectivity index (χ3n) is 8.13. The summed E-state index contributed by atoms with van der Waals surface area (Å²) in [5.41, 5.74) is 3.43. The number of aromatic hydroxyl groups is 1. The van der Waals surface area contributed by atoms with Crippen LogP contribution in [-0.4, -0.2) is 33.4 Å². The average molecular weight is 514 g/mol. The summed E-state index contributed by atoms with van der Waals surface area (Å²) in [4.78, 5) is 55.1. The SMILES string of the molecule is CC1=CC(=O)C2=C(C1=O)C(c1ccc(O)cc1Cl)C1=CCC3C(=O)N(Cc4ccccc4)C(=O)C3C1C2. The topological polar surface area (TPSA) is 91.8 Å². The van der Waals surface area contributed by atoms with E-state index >= 15 is 0 Å². The van der Waals surface area contributed by atoms with E-state index in [0.29, 0.717) is 28.7 Å². The smallest absolute Gasteiger partial charge is 0.234 e. The minimum absolute atomic E-state index is 0.0109. The number of phenols is 1. The Labute approximate surface area is 218 Å². The van der Waals surface area contributed by atoms with Gasteiger partial charge in [0.2, 0.25) is 11.8 Å². The number of hydrogen-bond donors (Lipinski definition) is 1. The van der Waals surface area contributed by atoms with Gasteiger partial charge in [-0.1, -0.05) is 59.6 Å². The van der Waals surface area contributed by atoms with E-state index in [1.807, 2.05) is 36.4 Å². The zero-order valence-electron chi connectivity index (χ0n) is 20.1. The molecule has 6 rings (SSSR count). The van der Waals surface area contributed by atoms with Crippen molar-refractivity contribution < 1.29 is 24.3 Å². The van der Waals surface area contributed by atoms with Crippen molar-refractivity contribution in [3.63, 3.8) is 0 Å². The van der Waals surface area contributed by atoms with Crippen molar-refractivity contribution in [3.8, 4) is 5.75 Å². The van der Waals surface area contributed by atoms with E-state index in [9.17, 15) is 24.3 Å². The van der Waals surface area contributed by atoms with E-state index in [0.717, 1.165) is 11.1 Å². The fraction of sp³-hybridized carbons (Fsp3) is 0.267. The predicted octanol–water partition coefficient (Wildman–Crippen LogP) is 4.68. The summed E-state index contributed by atoms with van der Waals surface area (Å²) >= 11 is 6.57. The summed E-state index contributed by atoms with van der Waals surface area (Å²) in [6, 6.07) is 14.0. The fourth-order valence-electron chi connectivity index (χ4n) is 6.45. The van der Waals surface area contributed by atoms with E-state index in [4.69, 9.17) is 11.6 Å². The van der Waals surface area contributed by atoms with E-state index in [1.54, 1.807) is 13.0 Å². The molecule has 0 radical (unpaired) electrons. The Hall–Kier alpha value is -3.77. The van der Waals surface area contributed by atoms with E-state index in [1.165, 1.54) is 23.1 Å². The Morgan fingerprint density at radius 1 is 1.00 bits per heavy atom. The van der Waals surface area contributed by atoms with Crippen LogP contribution in [0.1, 0.15) is 36.8 Å². The molecule has 0 aromatic heterocycles. The number of benzene rings is 2. The van der Waals surface area contributed by atoms with Gasteiger partial charge in [0, 0.05) is 27.7 Å². The normalized spacial score (nSPS) is 27.0. The Kier molecular flexibility index (Phi) is 5.53. The van der Waals surface area contributed by atoms with Crippen LogP contribution in [0.4, 0.5) is 0 Å². The maximum absolute atomic E-state index is 13.8. The zero-order chi connectivity index (χ0) is 26.0. The molecule has 6 nitrogen and oxygen atoms in total. The van der Waals surface area contributed by atoms with Crippen LogP contribution in [0.3, 0.4) is 0 Å². The van der Waals surface area contributed by atoms with Gasteiger partial charge < -0.3 is 5.11 Å². The molecule has 2 amide bonds. The third-order valence-corrected chi connectivity index (χ3v) is 8.46. The first-order valence-electron chi connectivity index (χ1n) is 12.3. The number of ketones is 2. The predicted molar refractivity (Wildman–Crippen MR) is 136 cm³/mol. The first kappa shape index (κ1) is 23.6. The Morgan fingerprint density at radius 3 is 2.49 bits per heavy atom. The van der Waals surface area contributed by atoms with Gasteiger partial charge in [-0.05, 0) is 55.0 Å². The molecule has 1 fully saturated rings. The number of allylic oxidation sites excluding steroid dienone is 6. The maximum Gasteiger partial charge on any atom is 0.234 e. The van der Waals surface area contributed by atoms with E-state index < -0.39 is 23.7 Å². The highest BCUT2D eigenvalue weighted by atomic mass is 35.5. The average Bonchev–Trinajstić information content (AvgIpc) is 3.12. The molecule has 4 aliphatic rings. The number of imide groups is 1. The van der Waals surface area contributed by atoms with Crippen molar-refractivity contribution in [2.24, 2.45) is 17.8 Å². The van der Waals surface area contributed by atoms with Crippen LogP contribution in [0.25, 0.3) is 0 Å². The molecule has 1 saturated heterocycles. The molecular formula is C30H24ClNO5. The van der Waals surface area contributed by atoms with Crippen molar-refractivity contribution in [1.82, 2.24) is 4.90 Å². The third kappa shape index (κ3) is 3.62. The molecule has 0 spiro atoms. The second kappa shape index (κ2) is 8.67. The standard InChI is InChI=1S/C30H24ClNO5/c1-15-11-24(34)22-13-21-18(25(27(22)28(15)35)19-8-7-17(33)12-23(19)31)9-10-20-26(21)30(37)32(29(20)36)14-16-5-3-2-4-6-16/h2-9,11-12,20-21,25-26,33H,10,13-14H2,1H3. The number of amides is 2. The van der Waals surface area contributed by atoms with Gasteiger partial charge >= 0.3 is 0 Å². The zero-order valence-corrected chi connectivity index (χ0v) is 20.9. The quantitative estimate of drug-likeness (QED) is 0.365. The van der Waals surface area contributed by atoms with Gasteiger partial charge in [0.15, 0.2) is 11.6 Å². The first-order chi connectivity index (χ1) is 17.8. The highest BCUT2D eigenvalue weighted by molar-refractivity contribution is 6.32. The number of likely N-dealkylation sites (tertiary alicyclic amines) is 1. The summed E-state index contributed by atoms with van der Waals surface area (Å²) < 4.78 is 0. The molecule has 2 aromatic rings. The second-order valence-corrected chi connectivity index (χ2v) is 10.6. The minimum atomic E-state index is -0.631. The molecule has 1 N–H and O–H groups in total. The number of fused-ring (bicyclic) bond motifs is 3. The lowest BCUT2D eigenvalue weighted by Gasteiger charge is -2.42. The van der Waals surface area contributed by atoms with Crippen molar-refractivity contribution in [1.29, 1.82) is 0 Å². The van der Waals surface area contributed by atoms with Crippen LogP contribution in [0.15, 0.2) is 83.0 Å². The van der Waals surface area contributed by atoms with Gasteiger partial charge in [0.05, 0.1) is 18.4 Å². The number of halogens is 1. The number of rotatable bonds is 3. The van der Waals surface area contributed by atoms with Crippen LogP contribution in [0.2, 0.25) is 5.02 Å². The van der Waals surface area contributed by atoms with Gasteiger partial charge in [0.1, 0.15) is 5.75 Å². The Morgan fingerprint density at radius 2 is 1.76 bits per heavy atom. The van der Waals surface area contributed by atoms with E-state index in [2.05, 4.69) is 0 Å². The molecule has 4 unspecified atom stereocenters. The molecular weight excluding hydrogens is 490 g/mol. The van der Waals surface area contributed by atoms with Gasteiger partial charge in [0.25, 0.3) is 0 Å². The number of carbonyl (C=O) groups is 4. The summed E-state index contributed by atoms with van der Waals surface area (Å²) in [7, 11) is 0. The number of phenolic OH excluding ortho intramolecular Hbond substituents is 1. The lowest BCUT2D eigenvalue weighted by Crippen LogP contribution is -2.39. The molecule has 4 atom stereocenters. The summed E-state index contributed by atoms with van der Waals surface area (Å²) in [6.07, 6.45) is 3.92. The summed E-state index contributed by atoms with van der Waals surface area (Å²) in [6.45, 7) is 1.82. The van der Waals surface area contributed by atoms with Gasteiger partial charge in [-0.25, -0.2) is 0 Å². The second-order valence-electron chi connectivity index (χ2n) is 10.2. The van der Waals surface area contributed by atoms with Crippen LogP contribution >= 0.6 is 11.6 Å². The van der Waals surface area contributed by atoms with Gasteiger partial charge in [-0.2, -0.15) is 0 Å². The van der Waals surface area contributed by atoms with Gasteiger partial charge in [-0.3, -0.25) is 24.1 Å². The number of Topliss-reactive ketones (excluding diaryl/α,β-unsaturated/α-hetero) is 1. The van der Waals surface area contributed by atoms with Gasteiger partial charge in [-0.15, -0.1) is 0 Å². The number of carbonyl (C=O) groups excluding carboxylic acids is 4. The van der Waals surface area contributed by atoms with Crippen LogP contribution < -0.4 is 0 Å². The molecule has 186 valence electrons. The molecule has 1 heterocycles. The van der Waals surface area contributed by atoms with Crippen LogP contribution in [-0.2, 0) is 25.7 Å². The van der Waals surface area contributed by atoms with Crippen LogP contribution in [0.5, 0.6) is 5.75 Å². The summed E-state index contributed by atoms with van der Waals surface area (Å²) in [5, 5.41) is 10.2. The van der Waals surface area contributed by atoms with Crippen molar-refractivity contribution in [3.05, 3.63) is 99.1 Å². The lowest BCUT2D eigenvalue weighted by atomic mass is 9.59. The number of hydrogen-bond acceptors (Lipinski definition) is 5. The summed E-state index contributed by atoms with van der Waals surface area (Å²) in [5.74, 6) is -3.07. The largest absolute Gasteiger partial charge is 0.508 e. The first-order valence-corrected chi connectivity index (χ1v) is 12.7.